The van der Waals surface area contributed by atoms with E-state index >= 15 is 0 Å². The Labute approximate surface area is 506 Å². The standard InChI is InChI=1S/C75H142O6/c1-4-7-10-13-16-19-22-24-26-28-30-31-32-33-34-35-36-37-38-39-40-41-42-43-45-46-48-50-53-56-59-62-65-68-74(77)80-71-72(70-79-73(76)67-64-61-58-55-52-21-18-15-12-9-6-3)81-75(78)69-66-63-60-57-54-51-49-47-44-29-27-25-23-20-17-14-11-8-5-2/h22,24,28,30,72H,4-21,23,25-27,29,31-71H2,1-3H3/b24-22-,30-28-. The van der Waals surface area contributed by atoms with Gasteiger partial charge in [0.05, 0.1) is 0 Å². The summed E-state index contributed by atoms with van der Waals surface area (Å²) in [5.74, 6) is -0.828. The van der Waals surface area contributed by atoms with Crippen LogP contribution in [-0.4, -0.2) is 37.2 Å². The van der Waals surface area contributed by atoms with Crippen LogP contribution in [0.25, 0.3) is 0 Å². The van der Waals surface area contributed by atoms with Crippen LogP contribution in [0.3, 0.4) is 0 Å². The van der Waals surface area contributed by atoms with Crippen molar-refractivity contribution in [2.45, 2.75) is 425 Å². The minimum absolute atomic E-state index is 0.0628. The molecule has 0 saturated carbocycles. The Morgan fingerprint density at radius 3 is 0.679 bits per heavy atom. The maximum atomic E-state index is 12.9. The fourth-order valence-electron chi connectivity index (χ4n) is 11.4. The second kappa shape index (κ2) is 70.4. The van der Waals surface area contributed by atoms with Crippen LogP contribution < -0.4 is 0 Å². The lowest BCUT2D eigenvalue weighted by Gasteiger charge is -2.18. The molecule has 0 bridgehead atoms. The average Bonchev–Trinajstić information content (AvgIpc) is 3.47. The molecule has 0 aliphatic carbocycles. The molecule has 0 aromatic rings. The van der Waals surface area contributed by atoms with Gasteiger partial charge in [0, 0.05) is 19.3 Å². The Balaban J connectivity index is 4.06. The van der Waals surface area contributed by atoms with Gasteiger partial charge in [-0.1, -0.05) is 373 Å². The van der Waals surface area contributed by atoms with Crippen LogP contribution in [0, 0.1) is 0 Å². The molecule has 0 saturated heterocycles. The Morgan fingerprint density at radius 2 is 0.444 bits per heavy atom. The van der Waals surface area contributed by atoms with E-state index in [1.165, 1.54) is 315 Å². The molecule has 0 radical (unpaired) electrons. The van der Waals surface area contributed by atoms with E-state index in [0.29, 0.717) is 19.3 Å². The molecule has 0 rings (SSSR count). The molecule has 0 N–H and O–H groups in total. The smallest absolute Gasteiger partial charge is 0.306 e. The first-order chi connectivity index (χ1) is 40.0. The number of hydrogen-bond donors (Lipinski definition) is 0. The van der Waals surface area contributed by atoms with Crippen molar-refractivity contribution in [1.29, 1.82) is 0 Å². The van der Waals surface area contributed by atoms with Crippen molar-refractivity contribution in [1.82, 2.24) is 0 Å². The van der Waals surface area contributed by atoms with Crippen molar-refractivity contribution < 1.29 is 28.6 Å². The molecule has 1 atom stereocenters. The summed E-state index contributed by atoms with van der Waals surface area (Å²) < 4.78 is 17.0. The first kappa shape index (κ1) is 78.9. The molecule has 0 heterocycles. The second-order valence-corrected chi connectivity index (χ2v) is 25.2. The van der Waals surface area contributed by atoms with Crippen molar-refractivity contribution in [2.24, 2.45) is 0 Å². The van der Waals surface area contributed by atoms with Crippen molar-refractivity contribution in [3.05, 3.63) is 24.3 Å². The fourth-order valence-corrected chi connectivity index (χ4v) is 11.4. The normalized spacial score (nSPS) is 12.1. The van der Waals surface area contributed by atoms with Crippen molar-refractivity contribution in [3.8, 4) is 0 Å². The second-order valence-electron chi connectivity index (χ2n) is 25.2. The number of esters is 3. The highest BCUT2D eigenvalue weighted by atomic mass is 16.6. The highest BCUT2D eigenvalue weighted by Gasteiger charge is 2.20. The molecule has 0 spiro atoms. The van der Waals surface area contributed by atoms with E-state index in [1.807, 2.05) is 0 Å². The predicted molar refractivity (Wildman–Crippen MR) is 353 cm³/mol. The van der Waals surface area contributed by atoms with E-state index in [4.69, 9.17) is 14.2 Å². The fraction of sp³-hybridized carbons (Fsp3) is 0.907. The molecule has 0 aromatic heterocycles. The van der Waals surface area contributed by atoms with Crippen molar-refractivity contribution in [3.63, 3.8) is 0 Å². The lowest BCUT2D eigenvalue weighted by molar-refractivity contribution is -0.167. The third-order valence-corrected chi connectivity index (χ3v) is 17.0. The van der Waals surface area contributed by atoms with Gasteiger partial charge in [0.2, 0.25) is 0 Å². The lowest BCUT2D eigenvalue weighted by Crippen LogP contribution is -2.30. The van der Waals surface area contributed by atoms with E-state index in [0.717, 1.165) is 64.2 Å². The molecule has 81 heavy (non-hydrogen) atoms. The van der Waals surface area contributed by atoms with Gasteiger partial charge in [-0.15, -0.1) is 0 Å². The SMILES string of the molecule is CCCCCCC/C=C\C/C=C\CCCCCCCCCCCCCCCCCCCCCCCC(=O)OCC(COC(=O)CCCCCCCCCCCCC)OC(=O)CCCCCCCCCCCCCCCCCCCCC. The van der Waals surface area contributed by atoms with Gasteiger partial charge in [-0.05, 0) is 51.4 Å². The van der Waals surface area contributed by atoms with E-state index < -0.39 is 6.10 Å². The Bertz CT molecular complexity index is 1310. The first-order valence-corrected chi connectivity index (χ1v) is 36.8. The van der Waals surface area contributed by atoms with E-state index in [1.54, 1.807) is 0 Å². The van der Waals surface area contributed by atoms with Crippen molar-refractivity contribution >= 4 is 17.9 Å². The largest absolute Gasteiger partial charge is 0.462 e. The highest BCUT2D eigenvalue weighted by Crippen LogP contribution is 2.19. The molecule has 1 unspecified atom stereocenters. The Kier molecular flexibility index (Phi) is 68.5. The zero-order chi connectivity index (χ0) is 58.5. The molecule has 0 aromatic carbocycles. The number of hydrogen-bond acceptors (Lipinski definition) is 6. The molecule has 0 aliphatic heterocycles. The number of unbranched alkanes of at least 4 members (excludes halogenated alkanes) is 54. The van der Waals surface area contributed by atoms with Gasteiger partial charge in [0.15, 0.2) is 6.10 Å². The number of ether oxygens (including phenoxy) is 3. The predicted octanol–water partition coefficient (Wildman–Crippen LogP) is 25.3. The minimum Gasteiger partial charge on any atom is -0.462 e. The molecular weight excluding hydrogens is 997 g/mol. The number of rotatable bonds is 69. The summed E-state index contributed by atoms with van der Waals surface area (Å²) in [5, 5.41) is 0. The Morgan fingerprint density at radius 1 is 0.247 bits per heavy atom. The number of carbonyl (C=O) groups is 3. The van der Waals surface area contributed by atoms with Crippen LogP contribution in [0.2, 0.25) is 0 Å². The van der Waals surface area contributed by atoms with Crippen LogP contribution in [0.4, 0.5) is 0 Å². The third kappa shape index (κ3) is 68.6. The Hall–Kier alpha value is -2.11. The molecule has 6 nitrogen and oxygen atoms in total. The zero-order valence-electron chi connectivity index (χ0n) is 55.1. The van der Waals surface area contributed by atoms with E-state index in [-0.39, 0.29) is 31.1 Å². The van der Waals surface area contributed by atoms with E-state index in [2.05, 4.69) is 45.1 Å². The van der Waals surface area contributed by atoms with Crippen LogP contribution in [-0.2, 0) is 28.6 Å². The molecule has 478 valence electrons. The maximum Gasteiger partial charge on any atom is 0.306 e. The first-order valence-electron chi connectivity index (χ1n) is 36.8. The number of allylic oxidation sites excluding steroid dienone is 4. The quantitative estimate of drug-likeness (QED) is 0.0261. The van der Waals surface area contributed by atoms with Gasteiger partial charge in [0.25, 0.3) is 0 Å². The molecular formula is C75H142O6. The summed E-state index contributed by atoms with van der Waals surface area (Å²) in [6, 6.07) is 0. The molecule has 0 aliphatic rings. The molecule has 0 fully saturated rings. The number of carbonyl (C=O) groups excluding carboxylic acids is 3. The van der Waals surface area contributed by atoms with Gasteiger partial charge < -0.3 is 14.2 Å². The van der Waals surface area contributed by atoms with E-state index in [9.17, 15) is 14.4 Å². The van der Waals surface area contributed by atoms with Crippen LogP contribution >= 0.6 is 0 Å². The van der Waals surface area contributed by atoms with Crippen molar-refractivity contribution in [2.75, 3.05) is 13.2 Å². The summed E-state index contributed by atoms with van der Waals surface area (Å²) in [6.07, 6.45) is 86.6. The summed E-state index contributed by atoms with van der Waals surface area (Å²) in [7, 11) is 0. The van der Waals surface area contributed by atoms with Gasteiger partial charge in [-0.2, -0.15) is 0 Å². The molecule has 0 amide bonds. The highest BCUT2D eigenvalue weighted by molar-refractivity contribution is 5.71. The van der Waals surface area contributed by atoms with Gasteiger partial charge >= 0.3 is 17.9 Å². The van der Waals surface area contributed by atoms with Gasteiger partial charge in [0.1, 0.15) is 13.2 Å². The maximum absolute atomic E-state index is 12.9. The van der Waals surface area contributed by atoms with Crippen LogP contribution in [0.1, 0.15) is 419 Å². The summed E-state index contributed by atoms with van der Waals surface area (Å²) in [4.78, 5) is 38.4. The lowest BCUT2D eigenvalue weighted by atomic mass is 10.0. The topological polar surface area (TPSA) is 78.9 Å². The monoisotopic (exact) mass is 1140 g/mol. The van der Waals surface area contributed by atoms with Gasteiger partial charge in [-0.3, -0.25) is 14.4 Å². The van der Waals surface area contributed by atoms with Gasteiger partial charge in [-0.25, -0.2) is 0 Å². The summed E-state index contributed by atoms with van der Waals surface area (Å²) in [5.41, 5.74) is 0. The van der Waals surface area contributed by atoms with Crippen LogP contribution in [0.15, 0.2) is 24.3 Å². The third-order valence-electron chi connectivity index (χ3n) is 17.0. The average molecular weight is 1140 g/mol. The van der Waals surface area contributed by atoms with Crippen LogP contribution in [0.5, 0.6) is 0 Å². The summed E-state index contributed by atoms with van der Waals surface area (Å²) in [6.45, 7) is 6.71. The molecule has 6 heteroatoms. The minimum atomic E-state index is -0.765. The zero-order valence-corrected chi connectivity index (χ0v) is 55.1. The summed E-state index contributed by atoms with van der Waals surface area (Å²) >= 11 is 0.